The van der Waals surface area contributed by atoms with Crippen LogP contribution in [0.1, 0.15) is 25.0 Å². The second-order valence-corrected chi connectivity index (χ2v) is 5.52. The van der Waals surface area contributed by atoms with Crippen molar-refractivity contribution in [1.29, 1.82) is 0 Å². The van der Waals surface area contributed by atoms with E-state index in [1.54, 1.807) is 12.1 Å². The third-order valence-electron chi connectivity index (χ3n) is 3.57. The lowest BCUT2D eigenvalue weighted by atomic mass is 10.1. The lowest BCUT2D eigenvalue weighted by molar-refractivity contribution is -0.132. The molecule has 23 heavy (non-hydrogen) atoms. The van der Waals surface area contributed by atoms with Gasteiger partial charge in [0.25, 0.3) is 0 Å². The van der Waals surface area contributed by atoms with Crippen molar-refractivity contribution in [3.63, 3.8) is 0 Å². The Morgan fingerprint density at radius 1 is 0.783 bits per heavy atom. The van der Waals surface area contributed by atoms with E-state index in [1.165, 1.54) is 13.8 Å². The predicted molar refractivity (Wildman–Crippen MR) is 85.8 cm³/mol. The van der Waals surface area contributed by atoms with Crippen LogP contribution in [0.5, 0.6) is 11.5 Å². The molecule has 0 N–H and O–H groups in total. The number of benzene rings is 2. The molecule has 5 nitrogen and oxygen atoms in total. The van der Waals surface area contributed by atoms with Gasteiger partial charge in [-0.3, -0.25) is 9.59 Å². The van der Waals surface area contributed by atoms with Gasteiger partial charge in [-0.1, -0.05) is 0 Å². The molecule has 0 amide bonds. The zero-order valence-electron chi connectivity index (χ0n) is 13.4. The van der Waals surface area contributed by atoms with Crippen LogP contribution in [0.15, 0.2) is 28.7 Å². The van der Waals surface area contributed by atoms with Crippen molar-refractivity contribution in [3.05, 3.63) is 35.4 Å². The highest BCUT2D eigenvalue weighted by molar-refractivity contribution is 6.06. The molecule has 0 spiro atoms. The number of fused-ring (bicyclic) bond motifs is 3. The van der Waals surface area contributed by atoms with Crippen LogP contribution >= 0.6 is 0 Å². The Balaban J connectivity index is 2.25. The number of hydrogen-bond acceptors (Lipinski definition) is 5. The summed E-state index contributed by atoms with van der Waals surface area (Å²) >= 11 is 0. The summed E-state index contributed by atoms with van der Waals surface area (Å²) < 4.78 is 16.3. The van der Waals surface area contributed by atoms with Crippen LogP contribution in [0.3, 0.4) is 0 Å². The Morgan fingerprint density at radius 2 is 1.17 bits per heavy atom. The monoisotopic (exact) mass is 312 g/mol. The first-order chi connectivity index (χ1) is 10.8. The maximum absolute atomic E-state index is 11.2. The van der Waals surface area contributed by atoms with E-state index in [0.29, 0.717) is 22.7 Å². The molecule has 0 atom stereocenters. The number of rotatable bonds is 2. The Bertz CT molecular complexity index is 873. The van der Waals surface area contributed by atoms with Crippen LogP contribution in [-0.4, -0.2) is 11.9 Å². The average Bonchev–Trinajstić information content (AvgIpc) is 2.75. The van der Waals surface area contributed by atoms with Crippen LogP contribution in [0.2, 0.25) is 0 Å². The standard InChI is InChI=1S/C18H16O5/c1-9-5-17-13(7-15(9)21-11(3)19)14-8-16(22-12(4)20)10(2)6-18(14)23-17/h5-8H,1-4H3. The van der Waals surface area contributed by atoms with E-state index in [4.69, 9.17) is 13.9 Å². The fourth-order valence-corrected chi connectivity index (χ4v) is 2.56. The van der Waals surface area contributed by atoms with Gasteiger partial charge >= 0.3 is 11.9 Å². The maximum Gasteiger partial charge on any atom is 0.308 e. The number of carbonyl (C=O) groups excluding carboxylic acids is 2. The summed E-state index contributed by atoms with van der Waals surface area (Å²) in [6.07, 6.45) is 0. The van der Waals surface area contributed by atoms with Crippen molar-refractivity contribution in [3.8, 4) is 11.5 Å². The van der Waals surface area contributed by atoms with Gasteiger partial charge in [-0.15, -0.1) is 0 Å². The van der Waals surface area contributed by atoms with Crippen molar-refractivity contribution >= 4 is 33.9 Å². The number of aryl methyl sites for hydroxylation is 2. The predicted octanol–water partition coefficient (Wildman–Crippen LogP) is 4.05. The van der Waals surface area contributed by atoms with Crippen LogP contribution < -0.4 is 9.47 Å². The first kappa shape index (κ1) is 15.1. The topological polar surface area (TPSA) is 65.7 Å². The van der Waals surface area contributed by atoms with Crippen molar-refractivity contribution < 1.29 is 23.5 Å². The number of carbonyl (C=O) groups is 2. The molecule has 0 aliphatic heterocycles. The first-order valence-electron chi connectivity index (χ1n) is 7.19. The molecule has 118 valence electrons. The Hall–Kier alpha value is -2.82. The molecule has 0 aliphatic rings. The molecule has 0 saturated heterocycles. The van der Waals surface area contributed by atoms with E-state index in [1.807, 2.05) is 26.0 Å². The molecule has 0 radical (unpaired) electrons. The Morgan fingerprint density at radius 3 is 1.52 bits per heavy atom. The molecule has 0 saturated carbocycles. The van der Waals surface area contributed by atoms with Crippen molar-refractivity contribution in [1.82, 2.24) is 0 Å². The SMILES string of the molecule is CC(=O)Oc1cc2c(cc1C)oc1cc(C)c(OC(C)=O)cc12. The molecule has 5 heteroatoms. The zero-order chi connectivity index (χ0) is 16.7. The molecule has 1 heterocycles. The minimum Gasteiger partial charge on any atom is -0.456 e. The third kappa shape index (κ3) is 2.77. The summed E-state index contributed by atoms with van der Waals surface area (Å²) in [4.78, 5) is 22.4. The lowest BCUT2D eigenvalue weighted by Crippen LogP contribution is -2.02. The summed E-state index contributed by atoms with van der Waals surface area (Å²) in [7, 11) is 0. The molecule has 0 fully saturated rings. The van der Waals surface area contributed by atoms with E-state index >= 15 is 0 Å². The van der Waals surface area contributed by atoms with Gasteiger partial charge in [0.1, 0.15) is 22.7 Å². The first-order valence-corrected chi connectivity index (χ1v) is 7.19. The van der Waals surface area contributed by atoms with Crippen molar-refractivity contribution in [2.75, 3.05) is 0 Å². The van der Waals surface area contributed by atoms with Gasteiger partial charge in [0.2, 0.25) is 0 Å². The van der Waals surface area contributed by atoms with Gasteiger partial charge in [0.15, 0.2) is 0 Å². The molecule has 1 aromatic heterocycles. The molecule has 3 aromatic rings. The highest BCUT2D eigenvalue weighted by Gasteiger charge is 2.15. The number of esters is 2. The zero-order valence-corrected chi connectivity index (χ0v) is 13.4. The van der Waals surface area contributed by atoms with Gasteiger partial charge in [0, 0.05) is 24.6 Å². The highest BCUT2D eigenvalue weighted by atomic mass is 16.5. The Kier molecular flexibility index (Phi) is 3.56. The maximum atomic E-state index is 11.2. The second-order valence-electron chi connectivity index (χ2n) is 5.52. The molecule has 3 rings (SSSR count). The number of furan rings is 1. The van der Waals surface area contributed by atoms with Crippen LogP contribution in [-0.2, 0) is 9.59 Å². The van der Waals surface area contributed by atoms with Gasteiger partial charge in [-0.25, -0.2) is 0 Å². The van der Waals surface area contributed by atoms with Crippen molar-refractivity contribution in [2.45, 2.75) is 27.7 Å². The average molecular weight is 312 g/mol. The normalized spacial score (nSPS) is 11.0. The minimum absolute atomic E-state index is 0.378. The van der Waals surface area contributed by atoms with E-state index < -0.39 is 0 Å². The molecular formula is C18H16O5. The van der Waals surface area contributed by atoms with Crippen molar-refractivity contribution in [2.24, 2.45) is 0 Å². The van der Waals surface area contributed by atoms with E-state index in [2.05, 4.69) is 0 Å². The molecule has 0 unspecified atom stereocenters. The van der Waals surface area contributed by atoms with E-state index in [-0.39, 0.29) is 11.9 Å². The largest absolute Gasteiger partial charge is 0.456 e. The van der Waals surface area contributed by atoms with E-state index in [0.717, 1.165) is 21.9 Å². The fourth-order valence-electron chi connectivity index (χ4n) is 2.56. The molecule has 0 aliphatic carbocycles. The van der Waals surface area contributed by atoms with Crippen LogP contribution in [0.25, 0.3) is 21.9 Å². The van der Waals surface area contributed by atoms with Gasteiger partial charge in [-0.05, 0) is 49.2 Å². The number of ether oxygens (including phenoxy) is 2. The smallest absolute Gasteiger partial charge is 0.308 e. The second kappa shape index (κ2) is 5.43. The summed E-state index contributed by atoms with van der Waals surface area (Å²) in [5, 5.41) is 1.60. The number of hydrogen-bond donors (Lipinski definition) is 0. The quantitative estimate of drug-likeness (QED) is 0.527. The molecule has 2 aromatic carbocycles. The molecular weight excluding hydrogens is 296 g/mol. The molecule has 0 bridgehead atoms. The van der Waals surface area contributed by atoms with Gasteiger partial charge in [-0.2, -0.15) is 0 Å². The minimum atomic E-state index is -0.378. The fraction of sp³-hybridized carbons (Fsp3) is 0.222. The summed E-state index contributed by atoms with van der Waals surface area (Å²) in [5.41, 5.74) is 2.99. The van der Waals surface area contributed by atoms with Crippen LogP contribution in [0, 0.1) is 13.8 Å². The summed E-state index contributed by atoms with van der Waals surface area (Å²) in [6, 6.07) is 7.19. The Labute approximate surface area is 132 Å². The van der Waals surface area contributed by atoms with Gasteiger partial charge < -0.3 is 13.9 Å². The lowest BCUT2D eigenvalue weighted by Gasteiger charge is -2.06. The van der Waals surface area contributed by atoms with E-state index in [9.17, 15) is 9.59 Å². The van der Waals surface area contributed by atoms with Crippen LogP contribution in [0.4, 0.5) is 0 Å². The highest BCUT2D eigenvalue weighted by Crippen LogP contribution is 2.36. The van der Waals surface area contributed by atoms with Gasteiger partial charge in [0.05, 0.1) is 0 Å². The summed E-state index contributed by atoms with van der Waals surface area (Å²) in [5.74, 6) is 0.220. The third-order valence-corrected chi connectivity index (χ3v) is 3.57. The summed E-state index contributed by atoms with van der Waals surface area (Å²) in [6.45, 7) is 6.42.